The predicted molar refractivity (Wildman–Crippen MR) is 57.3 cm³/mol. The third kappa shape index (κ3) is 3.12. The van der Waals surface area contributed by atoms with Crippen LogP contribution in [0.3, 0.4) is 0 Å². The Bertz CT molecular complexity index is 443. The summed E-state index contributed by atoms with van der Waals surface area (Å²) in [4.78, 5) is 10.9. The lowest BCUT2D eigenvalue weighted by Crippen LogP contribution is -2.10. The van der Waals surface area contributed by atoms with Crippen LogP contribution in [0.4, 0.5) is 13.2 Å². The fourth-order valence-corrected chi connectivity index (χ4v) is 1.78. The standard InChI is InChI=1S/C10H8BrF3O3/c1-2-17-8-6(9(15)16)3-5(4-7(8)11)10(12,13)14/h3-4H,2H2,1H3,(H,15,16). The van der Waals surface area contributed by atoms with Gasteiger partial charge in [-0.25, -0.2) is 4.79 Å². The van der Waals surface area contributed by atoms with Crippen LogP contribution in [-0.4, -0.2) is 17.7 Å². The Morgan fingerprint density at radius 2 is 2.06 bits per heavy atom. The topological polar surface area (TPSA) is 46.5 Å². The molecule has 0 aromatic heterocycles. The van der Waals surface area contributed by atoms with Crippen LogP contribution in [0.25, 0.3) is 0 Å². The SMILES string of the molecule is CCOc1c(Br)cc(C(F)(F)F)cc1C(=O)O. The molecule has 0 fully saturated rings. The van der Waals surface area contributed by atoms with Gasteiger partial charge in [0, 0.05) is 0 Å². The Morgan fingerprint density at radius 3 is 2.47 bits per heavy atom. The largest absolute Gasteiger partial charge is 0.492 e. The normalized spacial score (nSPS) is 11.4. The first-order valence-electron chi connectivity index (χ1n) is 4.54. The molecule has 17 heavy (non-hydrogen) atoms. The molecule has 0 spiro atoms. The molecule has 0 saturated carbocycles. The maximum absolute atomic E-state index is 12.5. The van der Waals surface area contributed by atoms with Crippen LogP contribution in [0.1, 0.15) is 22.8 Å². The highest BCUT2D eigenvalue weighted by molar-refractivity contribution is 9.10. The van der Waals surface area contributed by atoms with E-state index in [9.17, 15) is 18.0 Å². The summed E-state index contributed by atoms with van der Waals surface area (Å²) in [6, 6.07) is 1.34. The van der Waals surface area contributed by atoms with Crippen molar-refractivity contribution >= 4 is 21.9 Å². The maximum atomic E-state index is 12.5. The lowest BCUT2D eigenvalue weighted by molar-refractivity contribution is -0.137. The van der Waals surface area contributed by atoms with Crippen molar-refractivity contribution in [2.45, 2.75) is 13.1 Å². The fourth-order valence-electron chi connectivity index (χ4n) is 1.21. The molecule has 1 aromatic rings. The third-order valence-corrected chi connectivity index (χ3v) is 2.48. The summed E-state index contributed by atoms with van der Waals surface area (Å²) in [5.74, 6) is -1.58. The average molecular weight is 313 g/mol. The molecule has 0 aliphatic carbocycles. The summed E-state index contributed by atoms with van der Waals surface area (Å²) in [6.45, 7) is 1.76. The molecule has 94 valence electrons. The van der Waals surface area contributed by atoms with Crippen molar-refractivity contribution in [2.75, 3.05) is 6.61 Å². The quantitative estimate of drug-likeness (QED) is 0.928. The lowest BCUT2D eigenvalue weighted by atomic mass is 10.1. The summed E-state index contributed by atoms with van der Waals surface area (Å²) < 4.78 is 42.4. The van der Waals surface area contributed by atoms with E-state index in [0.717, 1.165) is 6.07 Å². The van der Waals surface area contributed by atoms with Crippen LogP contribution in [0.15, 0.2) is 16.6 Å². The van der Waals surface area contributed by atoms with Gasteiger partial charge in [0.25, 0.3) is 0 Å². The van der Waals surface area contributed by atoms with Gasteiger partial charge < -0.3 is 9.84 Å². The molecule has 0 bridgehead atoms. The number of hydrogen-bond acceptors (Lipinski definition) is 2. The Hall–Kier alpha value is -1.24. The molecule has 0 saturated heterocycles. The zero-order valence-electron chi connectivity index (χ0n) is 8.64. The number of aromatic carboxylic acids is 1. The molecule has 0 unspecified atom stereocenters. The van der Waals surface area contributed by atoms with E-state index in [1.807, 2.05) is 0 Å². The van der Waals surface area contributed by atoms with E-state index in [2.05, 4.69) is 15.9 Å². The van der Waals surface area contributed by atoms with Crippen LogP contribution in [-0.2, 0) is 6.18 Å². The first-order valence-corrected chi connectivity index (χ1v) is 5.33. The summed E-state index contributed by atoms with van der Waals surface area (Å²) in [5, 5.41) is 8.84. The summed E-state index contributed by atoms with van der Waals surface area (Å²) in [6.07, 6.45) is -4.60. The average Bonchev–Trinajstić information content (AvgIpc) is 2.18. The minimum atomic E-state index is -4.60. The molecule has 0 aliphatic heterocycles. The van der Waals surface area contributed by atoms with Gasteiger partial charge in [-0.3, -0.25) is 0 Å². The molecule has 1 rings (SSSR count). The van der Waals surface area contributed by atoms with Gasteiger partial charge in [-0.15, -0.1) is 0 Å². The van der Waals surface area contributed by atoms with Gasteiger partial charge in [-0.2, -0.15) is 13.2 Å². The number of hydrogen-bond donors (Lipinski definition) is 1. The first-order chi connectivity index (χ1) is 7.77. The molecule has 1 N–H and O–H groups in total. The van der Waals surface area contributed by atoms with Gasteiger partial charge in [0.1, 0.15) is 11.3 Å². The van der Waals surface area contributed by atoms with Crippen molar-refractivity contribution in [2.24, 2.45) is 0 Å². The summed E-state index contributed by atoms with van der Waals surface area (Å²) >= 11 is 2.87. The predicted octanol–water partition coefficient (Wildman–Crippen LogP) is 3.56. The van der Waals surface area contributed by atoms with Crippen molar-refractivity contribution in [3.8, 4) is 5.75 Å². The molecule has 0 atom stereocenters. The van der Waals surface area contributed by atoms with Crippen molar-refractivity contribution in [3.63, 3.8) is 0 Å². The number of carboxylic acids is 1. The van der Waals surface area contributed by atoms with Gasteiger partial charge in [0.05, 0.1) is 16.6 Å². The van der Waals surface area contributed by atoms with Crippen LogP contribution in [0, 0.1) is 0 Å². The highest BCUT2D eigenvalue weighted by Crippen LogP contribution is 2.37. The summed E-state index contributed by atoms with van der Waals surface area (Å²) in [7, 11) is 0. The number of benzene rings is 1. The van der Waals surface area contributed by atoms with Crippen molar-refractivity contribution in [1.29, 1.82) is 0 Å². The fraction of sp³-hybridized carbons (Fsp3) is 0.300. The molecule has 0 aliphatic rings. The second-order valence-corrected chi connectivity index (χ2v) is 3.93. The van der Waals surface area contributed by atoms with Crippen LogP contribution < -0.4 is 4.74 Å². The van der Waals surface area contributed by atoms with Crippen molar-refractivity contribution in [1.82, 2.24) is 0 Å². The van der Waals surface area contributed by atoms with Crippen LogP contribution in [0.2, 0.25) is 0 Å². The Labute approximate surface area is 103 Å². The third-order valence-electron chi connectivity index (χ3n) is 1.89. The molecular weight excluding hydrogens is 305 g/mol. The minimum Gasteiger partial charge on any atom is -0.492 e. The monoisotopic (exact) mass is 312 g/mol. The second-order valence-electron chi connectivity index (χ2n) is 3.07. The number of carbonyl (C=O) groups is 1. The first kappa shape index (κ1) is 13.8. The molecule has 0 amide bonds. The van der Waals surface area contributed by atoms with Gasteiger partial charge in [-0.1, -0.05) is 0 Å². The zero-order valence-corrected chi connectivity index (χ0v) is 10.2. The van der Waals surface area contributed by atoms with E-state index in [0.29, 0.717) is 6.07 Å². The van der Waals surface area contributed by atoms with Crippen molar-refractivity contribution < 1.29 is 27.8 Å². The zero-order chi connectivity index (χ0) is 13.2. The second kappa shape index (κ2) is 4.95. The van der Waals surface area contributed by atoms with Gasteiger partial charge in [-0.05, 0) is 35.0 Å². The molecular formula is C10H8BrF3O3. The number of ether oxygens (including phenoxy) is 1. The van der Waals surface area contributed by atoms with Crippen LogP contribution >= 0.6 is 15.9 Å². The number of rotatable bonds is 3. The summed E-state index contributed by atoms with van der Waals surface area (Å²) in [5.41, 5.74) is -1.56. The van der Waals surface area contributed by atoms with E-state index in [-0.39, 0.29) is 16.8 Å². The molecule has 7 heteroatoms. The molecule has 0 heterocycles. The van der Waals surface area contributed by atoms with Gasteiger partial charge >= 0.3 is 12.1 Å². The Morgan fingerprint density at radius 1 is 1.47 bits per heavy atom. The van der Waals surface area contributed by atoms with Crippen molar-refractivity contribution in [3.05, 3.63) is 27.7 Å². The molecule has 1 aromatic carbocycles. The van der Waals surface area contributed by atoms with E-state index in [1.165, 1.54) is 0 Å². The van der Waals surface area contributed by atoms with E-state index in [1.54, 1.807) is 6.92 Å². The smallest absolute Gasteiger partial charge is 0.416 e. The highest BCUT2D eigenvalue weighted by atomic mass is 79.9. The maximum Gasteiger partial charge on any atom is 0.416 e. The van der Waals surface area contributed by atoms with E-state index >= 15 is 0 Å². The van der Waals surface area contributed by atoms with Gasteiger partial charge in [0.15, 0.2) is 0 Å². The van der Waals surface area contributed by atoms with Gasteiger partial charge in [0.2, 0.25) is 0 Å². The van der Waals surface area contributed by atoms with E-state index in [4.69, 9.17) is 9.84 Å². The number of carboxylic acid groups (broad SMARTS) is 1. The molecule has 0 radical (unpaired) electrons. The Balaban J connectivity index is 3.41. The van der Waals surface area contributed by atoms with Crippen LogP contribution in [0.5, 0.6) is 5.75 Å². The minimum absolute atomic E-state index is 0.0356. The Kier molecular flexibility index (Phi) is 4.03. The lowest BCUT2D eigenvalue weighted by Gasteiger charge is -2.13. The van der Waals surface area contributed by atoms with E-state index < -0.39 is 23.3 Å². The number of halogens is 4. The number of alkyl halides is 3. The highest BCUT2D eigenvalue weighted by Gasteiger charge is 2.33. The molecule has 3 nitrogen and oxygen atoms in total.